The van der Waals surface area contributed by atoms with E-state index in [0.717, 1.165) is 32.4 Å². The fraction of sp³-hybridized carbons (Fsp3) is 0.400. The van der Waals surface area contributed by atoms with Crippen molar-refractivity contribution in [2.45, 2.75) is 42.3 Å². The lowest BCUT2D eigenvalue weighted by molar-refractivity contribution is 0.0593. The minimum Gasteiger partial charge on any atom is -0.484 e. The van der Waals surface area contributed by atoms with Crippen LogP contribution in [0.1, 0.15) is 30.1 Å². The van der Waals surface area contributed by atoms with Crippen LogP contribution in [0.25, 0.3) is 0 Å². The fourth-order valence-corrected chi connectivity index (χ4v) is 4.71. The number of nitrogens with two attached hydrogens (primary N) is 2. The summed E-state index contributed by atoms with van der Waals surface area (Å²) in [5.41, 5.74) is 8.69. The Morgan fingerprint density at radius 2 is 1.81 bits per heavy atom. The molecule has 1 aliphatic heterocycles. The van der Waals surface area contributed by atoms with Crippen LogP contribution in [-0.4, -0.2) is 38.5 Å². The third-order valence-corrected chi connectivity index (χ3v) is 6.44. The van der Waals surface area contributed by atoms with E-state index in [2.05, 4.69) is 23.1 Å². The number of benzene rings is 2. The maximum atomic E-state index is 11.5. The highest BCUT2D eigenvalue weighted by molar-refractivity contribution is 7.89. The molecule has 4 N–H and O–H groups in total. The highest BCUT2D eigenvalue weighted by atomic mass is 32.2. The van der Waals surface area contributed by atoms with E-state index in [1.807, 2.05) is 6.07 Å². The van der Waals surface area contributed by atoms with Crippen molar-refractivity contribution in [2.24, 2.45) is 10.9 Å². The Hall–Kier alpha value is -1.93. The first-order valence-corrected chi connectivity index (χ1v) is 10.8. The summed E-state index contributed by atoms with van der Waals surface area (Å²) in [6.07, 6.45) is 3.00. The van der Waals surface area contributed by atoms with E-state index in [1.54, 1.807) is 12.1 Å². The van der Waals surface area contributed by atoms with Crippen molar-refractivity contribution in [1.82, 2.24) is 4.90 Å². The van der Waals surface area contributed by atoms with Gasteiger partial charge >= 0.3 is 0 Å². The topological polar surface area (TPSA) is 98.6 Å². The van der Waals surface area contributed by atoms with Gasteiger partial charge in [-0.1, -0.05) is 24.3 Å². The molecule has 1 saturated heterocycles. The van der Waals surface area contributed by atoms with Crippen LogP contribution < -0.4 is 15.6 Å². The Labute approximate surface area is 160 Å². The molecule has 0 spiro atoms. The summed E-state index contributed by atoms with van der Waals surface area (Å²) in [4.78, 5) is 2.53. The van der Waals surface area contributed by atoms with Gasteiger partial charge in [-0.15, -0.1) is 0 Å². The number of sulfonamides is 1. The Balaban J connectivity index is 1.60. The van der Waals surface area contributed by atoms with Crippen LogP contribution in [-0.2, 0) is 16.4 Å². The number of piperidine rings is 1. The van der Waals surface area contributed by atoms with Gasteiger partial charge in [0.1, 0.15) is 11.9 Å². The number of hydrogen-bond donors (Lipinski definition) is 2. The van der Waals surface area contributed by atoms with Crippen LogP contribution in [0.15, 0.2) is 53.4 Å². The van der Waals surface area contributed by atoms with E-state index in [4.69, 9.17) is 15.6 Å². The zero-order chi connectivity index (χ0) is 19.0. The molecule has 1 fully saturated rings. The summed E-state index contributed by atoms with van der Waals surface area (Å²) >= 11 is 0. The van der Waals surface area contributed by atoms with Crippen molar-refractivity contribution in [1.29, 1.82) is 0 Å². The second kappa shape index (κ2) is 7.24. The maximum Gasteiger partial charge on any atom is 0.238 e. The first-order chi connectivity index (χ1) is 12.9. The monoisotopic (exact) mass is 387 g/mol. The number of nitrogens with zero attached hydrogens (tertiary/aromatic N) is 1. The third kappa shape index (κ3) is 3.87. The van der Waals surface area contributed by atoms with Gasteiger partial charge in [0.2, 0.25) is 10.0 Å². The molecule has 2 aromatic carbocycles. The van der Waals surface area contributed by atoms with Crippen molar-refractivity contribution >= 4 is 10.0 Å². The molecule has 3 atom stereocenters. The molecule has 0 saturated carbocycles. The summed E-state index contributed by atoms with van der Waals surface area (Å²) in [5.74, 6) is 0.635. The summed E-state index contributed by atoms with van der Waals surface area (Å²) in [6, 6.07) is 15.1. The van der Waals surface area contributed by atoms with E-state index in [9.17, 15) is 8.42 Å². The predicted molar refractivity (Wildman–Crippen MR) is 104 cm³/mol. The number of fused-ring (bicyclic) bond motifs is 1. The van der Waals surface area contributed by atoms with Crippen LogP contribution in [0.2, 0.25) is 0 Å². The van der Waals surface area contributed by atoms with E-state index in [1.165, 1.54) is 23.3 Å². The highest BCUT2D eigenvalue weighted by Gasteiger charge is 2.39. The van der Waals surface area contributed by atoms with Crippen LogP contribution in [0.3, 0.4) is 0 Å². The standard InChI is InChI=1S/C20H25N3O3S/c21-15-5-3-11-23(13-15)19-12-14-4-1-2-6-18(14)20(19)26-16-7-9-17(10-8-16)27(22,24)25/h1-2,4,6-10,15,19-20H,3,5,11-13,21H2,(H2,22,24,25)/t15?,19-,20-/m0/s1. The zero-order valence-electron chi connectivity index (χ0n) is 15.1. The minimum absolute atomic E-state index is 0.0835. The normalized spacial score (nSPS) is 25.9. The van der Waals surface area contributed by atoms with Gasteiger partial charge < -0.3 is 10.5 Å². The number of rotatable bonds is 4. The summed E-state index contributed by atoms with van der Waals surface area (Å²) in [5, 5.41) is 5.18. The van der Waals surface area contributed by atoms with E-state index in [0.29, 0.717) is 5.75 Å². The first kappa shape index (κ1) is 18.4. The van der Waals surface area contributed by atoms with Crippen LogP contribution in [0, 0.1) is 0 Å². The zero-order valence-corrected chi connectivity index (χ0v) is 15.9. The molecule has 0 aromatic heterocycles. The smallest absolute Gasteiger partial charge is 0.238 e. The molecule has 1 aliphatic carbocycles. The highest BCUT2D eigenvalue weighted by Crippen LogP contribution is 2.38. The van der Waals surface area contributed by atoms with Crippen LogP contribution in [0.5, 0.6) is 5.75 Å². The molecule has 2 aliphatic rings. The van der Waals surface area contributed by atoms with Gasteiger partial charge in [-0.3, -0.25) is 4.90 Å². The molecule has 1 unspecified atom stereocenters. The lowest BCUT2D eigenvalue weighted by Crippen LogP contribution is -2.49. The van der Waals surface area contributed by atoms with Crippen molar-refractivity contribution in [3.8, 4) is 5.75 Å². The summed E-state index contributed by atoms with van der Waals surface area (Å²) in [6.45, 7) is 1.90. The van der Waals surface area contributed by atoms with E-state index >= 15 is 0 Å². The van der Waals surface area contributed by atoms with Gasteiger partial charge in [0.15, 0.2) is 0 Å². The fourth-order valence-electron chi connectivity index (χ4n) is 4.20. The number of ether oxygens (including phenoxy) is 1. The molecule has 6 nitrogen and oxygen atoms in total. The van der Waals surface area contributed by atoms with Gasteiger partial charge in [0, 0.05) is 12.6 Å². The Morgan fingerprint density at radius 1 is 1.07 bits per heavy atom. The molecule has 0 amide bonds. The van der Waals surface area contributed by atoms with E-state index in [-0.39, 0.29) is 23.1 Å². The van der Waals surface area contributed by atoms with Gasteiger partial charge in [0.25, 0.3) is 0 Å². The largest absolute Gasteiger partial charge is 0.484 e. The predicted octanol–water partition coefficient (Wildman–Crippen LogP) is 1.80. The number of primary sulfonamides is 1. The minimum atomic E-state index is -3.71. The van der Waals surface area contributed by atoms with Crippen LogP contribution >= 0.6 is 0 Å². The molecule has 0 bridgehead atoms. The molecule has 4 rings (SSSR count). The van der Waals surface area contributed by atoms with Gasteiger partial charge in [-0.05, 0) is 61.2 Å². The lowest BCUT2D eigenvalue weighted by Gasteiger charge is -2.38. The van der Waals surface area contributed by atoms with Crippen molar-refractivity contribution < 1.29 is 13.2 Å². The Bertz CT molecular complexity index is 914. The molecule has 2 aromatic rings. The second-order valence-corrected chi connectivity index (χ2v) is 8.98. The van der Waals surface area contributed by atoms with Gasteiger partial charge in [0.05, 0.1) is 10.9 Å². The van der Waals surface area contributed by atoms with Gasteiger partial charge in [-0.25, -0.2) is 13.6 Å². The molecule has 1 heterocycles. The quantitative estimate of drug-likeness (QED) is 0.834. The molecule has 144 valence electrons. The average Bonchev–Trinajstić information content (AvgIpc) is 3.00. The average molecular weight is 388 g/mol. The Kier molecular flexibility index (Phi) is 4.94. The van der Waals surface area contributed by atoms with Crippen molar-refractivity contribution in [3.63, 3.8) is 0 Å². The van der Waals surface area contributed by atoms with E-state index < -0.39 is 10.0 Å². The summed E-state index contributed by atoms with van der Waals surface area (Å²) < 4.78 is 29.3. The SMILES string of the molecule is NC1CCCN([C@H]2Cc3ccccc3[C@@H]2Oc2ccc(S(N)(=O)=O)cc2)C1. The second-order valence-electron chi connectivity index (χ2n) is 7.42. The molecular weight excluding hydrogens is 362 g/mol. The molecule has 7 heteroatoms. The lowest BCUT2D eigenvalue weighted by atomic mass is 10.0. The number of likely N-dealkylation sites (tertiary alicyclic amines) is 1. The maximum absolute atomic E-state index is 11.5. The molecule has 0 radical (unpaired) electrons. The first-order valence-electron chi connectivity index (χ1n) is 9.29. The van der Waals surface area contributed by atoms with Crippen LogP contribution in [0.4, 0.5) is 0 Å². The summed E-state index contributed by atoms with van der Waals surface area (Å²) in [7, 11) is -3.71. The van der Waals surface area contributed by atoms with Gasteiger partial charge in [-0.2, -0.15) is 0 Å². The Morgan fingerprint density at radius 3 is 2.52 bits per heavy atom. The molecule has 27 heavy (non-hydrogen) atoms. The molecular formula is C20H25N3O3S. The third-order valence-electron chi connectivity index (χ3n) is 5.51. The van der Waals surface area contributed by atoms with Crippen molar-refractivity contribution in [3.05, 3.63) is 59.7 Å². The van der Waals surface area contributed by atoms with Crippen molar-refractivity contribution in [2.75, 3.05) is 13.1 Å². The number of hydrogen-bond acceptors (Lipinski definition) is 5.